The molecule has 0 aliphatic rings. The molecule has 2 heteroatoms. The quantitative estimate of drug-likeness (QED) is 0.356. The Balaban J connectivity index is 2.46. The van der Waals surface area contributed by atoms with E-state index >= 15 is 0 Å². The fourth-order valence-electron chi connectivity index (χ4n) is 2.53. The van der Waals surface area contributed by atoms with E-state index in [0.29, 0.717) is 6.61 Å². The molecule has 0 fully saturated rings. The first-order valence-electron chi connectivity index (χ1n) is 8.15. The Hall–Kier alpha value is -1.12. The Morgan fingerprint density at radius 2 is 1.90 bits per heavy atom. The Kier molecular flexibility index (Phi) is 9.04. The maximum atomic E-state index is 10.4. The minimum atomic E-state index is -0.722. The maximum absolute atomic E-state index is 10.4. The van der Waals surface area contributed by atoms with Gasteiger partial charge in [0.05, 0.1) is 6.61 Å². The van der Waals surface area contributed by atoms with E-state index in [1.165, 1.54) is 19.3 Å². The average Bonchev–Trinajstić information content (AvgIpc) is 2.53. The number of allylic oxidation sites excluding steroid dienone is 1. The second-order valence-electron chi connectivity index (χ2n) is 5.80. The van der Waals surface area contributed by atoms with E-state index in [2.05, 4.69) is 20.4 Å². The number of unbranched alkanes of at least 4 members (excludes halogenated alkanes) is 3. The Morgan fingerprint density at radius 3 is 2.52 bits per heavy atom. The lowest BCUT2D eigenvalue weighted by molar-refractivity contribution is -0.151. The summed E-state index contributed by atoms with van der Waals surface area (Å²) in [6, 6.07) is 9.98. The first-order valence-corrected chi connectivity index (χ1v) is 8.15. The third-order valence-electron chi connectivity index (χ3n) is 4.07. The molecule has 0 heterocycles. The molecule has 2 nitrogen and oxygen atoms in total. The number of ether oxygens (including phenoxy) is 1. The third-order valence-corrected chi connectivity index (χ3v) is 4.07. The van der Waals surface area contributed by atoms with Gasteiger partial charge in [-0.05, 0) is 17.9 Å². The zero-order valence-electron chi connectivity index (χ0n) is 13.5. The van der Waals surface area contributed by atoms with Gasteiger partial charge in [-0.15, -0.1) is 6.58 Å². The fraction of sp³-hybridized carbons (Fsp3) is 0.579. The summed E-state index contributed by atoms with van der Waals surface area (Å²) >= 11 is 0. The van der Waals surface area contributed by atoms with Crippen molar-refractivity contribution in [3.8, 4) is 0 Å². The van der Waals surface area contributed by atoms with Gasteiger partial charge < -0.3 is 9.84 Å². The van der Waals surface area contributed by atoms with Gasteiger partial charge in [0, 0.05) is 5.92 Å². The molecule has 0 aliphatic carbocycles. The minimum absolute atomic E-state index is 0.128. The van der Waals surface area contributed by atoms with Crippen molar-refractivity contribution in [2.45, 2.75) is 58.8 Å². The van der Waals surface area contributed by atoms with Gasteiger partial charge in [0.15, 0.2) is 6.29 Å². The van der Waals surface area contributed by atoms with Gasteiger partial charge in [-0.3, -0.25) is 0 Å². The predicted octanol–water partition coefficient (Wildman–Crippen LogP) is 4.93. The molecule has 0 spiro atoms. The van der Waals surface area contributed by atoms with Crippen molar-refractivity contribution >= 4 is 0 Å². The van der Waals surface area contributed by atoms with E-state index in [1.807, 2.05) is 36.4 Å². The van der Waals surface area contributed by atoms with Crippen LogP contribution in [0.15, 0.2) is 43.0 Å². The van der Waals surface area contributed by atoms with E-state index in [-0.39, 0.29) is 11.8 Å². The molecular formula is C19H30O2. The Morgan fingerprint density at radius 1 is 1.19 bits per heavy atom. The number of hydrogen-bond acceptors (Lipinski definition) is 2. The Labute approximate surface area is 129 Å². The Bertz CT molecular complexity index is 374. The van der Waals surface area contributed by atoms with Crippen LogP contribution in [0.2, 0.25) is 0 Å². The highest BCUT2D eigenvalue weighted by Gasteiger charge is 2.23. The summed E-state index contributed by atoms with van der Waals surface area (Å²) in [6.07, 6.45) is 7.04. The highest BCUT2D eigenvalue weighted by molar-refractivity contribution is 5.13. The van der Waals surface area contributed by atoms with Crippen molar-refractivity contribution in [2.75, 3.05) is 0 Å². The van der Waals surface area contributed by atoms with Crippen LogP contribution in [0.1, 0.15) is 51.5 Å². The second kappa shape index (κ2) is 10.6. The van der Waals surface area contributed by atoms with E-state index in [1.54, 1.807) is 0 Å². The zero-order chi connectivity index (χ0) is 15.5. The molecule has 1 aromatic carbocycles. The van der Waals surface area contributed by atoms with E-state index < -0.39 is 6.29 Å². The SMILES string of the molecule is C=CC(C)C(CCCCCC)C(O)OCc1ccccc1. The van der Waals surface area contributed by atoms with Crippen LogP contribution in [-0.2, 0) is 11.3 Å². The third kappa shape index (κ3) is 6.92. The lowest BCUT2D eigenvalue weighted by Gasteiger charge is -2.27. The average molecular weight is 290 g/mol. The summed E-state index contributed by atoms with van der Waals surface area (Å²) in [5.41, 5.74) is 1.09. The highest BCUT2D eigenvalue weighted by atomic mass is 16.6. The van der Waals surface area contributed by atoms with Crippen molar-refractivity contribution < 1.29 is 9.84 Å². The maximum Gasteiger partial charge on any atom is 0.158 e. The standard InChI is InChI=1S/C19H30O2/c1-4-6-7-11-14-18(16(3)5-2)19(20)21-15-17-12-9-8-10-13-17/h5,8-10,12-13,16,18-20H,2,4,6-7,11,14-15H2,1,3H3. The predicted molar refractivity (Wildman–Crippen MR) is 88.8 cm³/mol. The zero-order valence-corrected chi connectivity index (χ0v) is 13.5. The van der Waals surface area contributed by atoms with Gasteiger partial charge in [0.1, 0.15) is 0 Å². The van der Waals surface area contributed by atoms with Crippen LogP contribution < -0.4 is 0 Å². The van der Waals surface area contributed by atoms with Crippen LogP contribution >= 0.6 is 0 Å². The van der Waals surface area contributed by atoms with Gasteiger partial charge in [-0.1, -0.05) is 75.9 Å². The number of aliphatic hydroxyl groups is 1. The van der Waals surface area contributed by atoms with Gasteiger partial charge in [0.25, 0.3) is 0 Å². The topological polar surface area (TPSA) is 29.5 Å². The molecule has 1 N–H and O–H groups in total. The first kappa shape index (κ1) is 17.9. The largest absolute Gasteiger partial charge is 0.368 e. The van der Waals surface area contributed by atoms with Crippen molar-refractivity contribution in [2.24, 2.45) is 11.8 Å². The molecule has 0 saturated heterocycles. The van der Waals surface area contributed by atoms with Crippen molar-refractivity contribution in [1.29, 1.82) is 0 Å². The van der Waals surface area contributed by atoms with Crippen LogP contribution in [-0.4, -0.2) is 11.4 Å². The first-order chi connectivity index (χ1) is 10.2. The molecule has 0 radical (unpaired) electrons. The molecule has 0 aromatic heterocycles. The van der Waals surface area contributed by atoms with E-state index in [4.69, 9.17) is 4.74 Å². The number of benzene rings is 1. The lowest BCUT2D eigenvalue weighted by atomic mass is 9.88. The molecule has 3 unspecified atom stereocenters. The molecule has 3 atom stereocenters. The van der Waals surface area contributed by atoms with Gasteiger partial charge in [-0.2, -0.15) is 0 Å². The van der Waals surface area contributed by atoms with Crippen LogP contribution in [0.25, 0.3) is 0 Å². The summed E-state index contributed by atoms with van der Waals surface area (Å²) in [6.45, 7) is 8.63. The van der Waals surface area contributed by atoms with Crippen LogP contribution in [0, 0.1) is 11.8 Å². The molecule has 0 saturated carbocycles. The summed E-state index contributed by atoms with van der Waals surface area (Å²) in [7, 11) is 0. The molecule has 1 aromatic rings. The molecular weight excluding hydrogens is 260 g/mol. The second-order valence-corrected chi connectivity index (χ2v) is 5.80. The highest BCUT2D eigenvalue weighted by Crippen LogP contribution is 2.25. The summed E-state index contributed by atoms with van der Waals surface area (Å²) < 4.78 is 5.68. The molecule has 0 aliphatic heterocycles. The van der Waals surface area contributed by atoms with Crippen molar-refractivity contribution in [3.05, 3.63) is 48.6 Å². The molecule has 0 bridgehead atoms. The summed E-state index contributed by atoms with van der Waals surface area (Å²) in [5.74, 6) is 0.389. The summed E-state index contributed by atoms with van der Waals surface area (Å²) in [4.78, 5) is 0. The van der Waals surface area contributed by atoms with E-state index in [9.17, 15) is 5.11 Å². The lowest BCUT2D eigenvalue weighted by Crippen LogP contribution is -2.28. The molecule has 21 heavy (non-hydrogen) atoms. The molecule has 0 amide bonds. The van der Waals surface area contributed by atoms with Crippen LogP contribution in [0.4, 0.5) is 0 Å². The monoisotopic (exact) mass is 290 g/mol. The number of hydrogen-bond donors (Lipinski definition) is 1. The van der Waals surface area contributed by atoms with Crippen molar-refractivity contribution in [3.63, 3.8) is 0 Å². The van der Waals surface area contributed by atoms with Crippen molar-refractivity contribution in [1.82, 2.24) is 0 Å². The number of aliphatic hydroxyl groups excluding tert-OH is 1. The minimum Gasteiger partial charge on any atom is -0.368 e. The smallest absolute Gasteiger partial charge is 0.158 e. The fourth-order valence-corrected chi connectivity index (χ4v) is 2.53. The van der Waals surface area contributed by atoms with E-state index in [0.717, 1.165) is 18.4 Å². The van der Waals surface area contributed by atoms with Crippen LogP contribution in [0.5, 0.6) is 0 Å². The number of rotatable bonds is 11. The normalized spacial score (nSPS) is 15.4. The summed E-state index contributed by atoms with van der Waals surface area (Å²) in [5, 5.41) is 10.4. The van der Waals surface area contributed by atoms with Gasteiger partial charge in [0.2, 0.25) is 0 Å². The molecule has 118 valence electrons. The van der Waals surface area contributed by atoms with Crippen LogP contribution in [0.3, 0.4) is 0 Å². The van der Waals surface area contributed by atoms with Gasteiger partial charge in [-0.25, -0.2) is 0 Å². The van der Waals surface area contributed by atoms with Gasteiger partial charge >= 0.3 is 0 Å². The molecule has 1 rings (SSSR count).